The van der Waals surface area contributed by atoms with Gasteiger partial charge in [-0.25, -0.2) is 13.1 Å². The van der Waals surface area contributed by atoms with Gasteiger partial charge in [-0.05, 0) is 37.6 Å². The summed E-state index contributed by atoms with van der Waals surface area (Å²) >= 11 is 0. The number of sulfonamides is 1. The second-order valence-electron chi connectivity index (χ2n) is 4.73. The number of alkyl halides is 3. The van der Waals surface area contributed by atoms with Crippen molar-refractivity contribution in [3.05, 3.63) is 24.3 Å². The molecule has 1 unspecified atom stereocenters. The summed E-state index contributed by atoms with van der Waals surface area (Å²) in [5, 5.41) is 3.10. The van der Waals surface area contributed by atoms with Crippen molar-refractivity contribution in [2.75, 3.05) is 19.6 Å². The van der Waals surface area contributed by atoms with Crippen LogP contribution in [0.25, 0.3) is 0 Å². The molecule has 2 N–H and O–H groups in total. The molecule has 0 radical (unpaired) electrons. The van der Waals surface area contributed by atoms with Gasteiger partial charge < -0.3 is 10.1 Å². The Morgan fingerprint density at radius 3 is 2.76 bits per heavy atom. The summed E-state index contributed by atoms with van der Waals surface area (Å²) in [5.41, 5.74) is 0. The Bertz CT molecular complexity index is 584. The van der Waals surface area contributed by atoms with Crippen molar-refractivity contribution in [2.45, 2.75) is 17.7 Å². The Kier molecular flexibility index (Phi) is 4.74. The van der Waals surface area contributed by atoms with E-state index < -0.39 is 22.1 Å². The van der Waals surface area contributed by atoms with Gasteiger partial charge in [0, 0.05) is 12.6 Å². The van der Waals surface area contributed by atoms with Gasteiger partial charge in [-0.2, -0.15) is 0 Å². The summed E-state index contributed by atoms with van der Waals surface area (Å²) in [5.74, 6) is -0.373. The molecule has 1 aliphatic heterocycles. The third-order valence-corrected chi connectivity index (χ3v) is 4.50. The van der Waals surface area contributed by atoms with Crippen molar-refractivity contribution < 1.29 is 26.3 Å². The van der Waals surface area contributed by atoms with Crippen LogP contribution in [0.4, 0.5) is 13.2 Å². The molecular weight excluding hydrogens is 309 g/mol. The first-order valence-corrected chi connectivity index (χ1v) is 7.81. The maximum Gasteiger partial charge on any atom is 0.573 e. The predicted molar refractivity (Wildman–Crippen MR) is 69.3 cm³/mol. The van der Waals surface area contributed by atoms with Crippen molar-refractivity contribution in [1.29, 1.82) is 0 Å². The molecule has 1 aromatic rings. The molecule has 0 aromatic heterocycles. The van der Waals surface area contributed by atoms with E-state index in [2.05, 4.69) is 14.8 Å². The van der Waals surface area contributed by atoms with E-state index in [4.69, 9.17) is 0 Å². The van der Waals surface area contributed by atoms with Gasteiger partial charge in [-0.1, -0.05) is 6.07 Å². The number of ether oxygens (including phenoxy) is 1. The lowest BCUT2D eigenvalue weighted by atomic mass is 10.1. The van der Waals surface area contributed by atoms with Crippen LogP contribution < -0.4 is 14.8 Å². The second-order valence-corrected chi connectivity index (χ2v) is 6.50. The first-order valence-electron chi connectivity index (χ1n) is 6.32. The van der Waals surface area contributed by atoms with Gasteiger partial charge in [0.1, 0.15) is 5.75 Å². The van der Waals surface area contributed by atoms with Crippen molar-refractivity contribution in [1.82, 2.24) is 10.0 Å². The first kappa shape index (κ1) is 16.1. The van der Waals surface area contributed by atoms with Crippen LogP contribution in [0.2, 0.25) is 0 Å². The standard InChI is InChI=1S/C12H15F3N2O3S/c13-12(14,15)20-10-2-1-3-11(6-10)21(18,19)17-8-9-4-5-16-7-9/h1-3,6,9,16-17H,4-5,7-8H2. The van der Waals surface area contributed by atoms with E-state index in [1.54, 1.807) is 0 Å². The fraction of sp³-hybridized carbons (Fsp3) is 0.500. The molecule has 1 saturated heterocycles. The minimum Gasteiger partial charge on any atom is -0.406 e. The number of nitrogens with one attached hydrogen (secondary N) is 2. The minimum absolute atomic E-state index is 0.189. The highest BCUT2D eigenvalue weighted by Gasteiger charge is 2.31. The van der Waals surface area contributed by atoms with E-state index in [0.29, 0.717) is 0 Å². The van der Waals surface area contributed by atoms with E-state index in [1.165, 1.54) is 12.1 Å². The molecule has 2 rings (SSSR count). The van der Waals surface area contributed by atoms with Crippen LogP contribution in [0.5, 0.6) is 5.75 Å². The van der Waals surface area contributed by atoms with E-state index in [0.717, 1.165) is 31.6 Å². The Morgan fingerprint density at radius 2 is 2.14 bits per heavy atom. The van der Waals surface area contributed by atoms with Gasteiger partial charge in [-0.15, -0.1) is 13.2 Å². The van der Waals surface area contributed by atoms with Gasteiger partial charge in [-0.3, -0.25) is 0 Å². The molecule has 5 nitrogen and oxygen atoms in total. The highest BCUT2D eigenvalue weighted by molar-refractivity contribution is 7.89. The van der Waals surface area contributed by atoms with Crippen molar-refractivity contribution in [3.63, 3.8) is 0 Å². The number of halogens is 3. The van der Waals surface area contributed by atoms with Crippen LogP contribution in [0, 0.1) is 5.92 Å². The molecule has 0 aliphatic carbocycles. The number of hydrogen-bond acceptors (Lipinski definition) is 4. The molecular formula is C12H15F3N2O3S. The molecule has 0 spiro atoms. The Morgan fingerprint density at radius 1 is 1.38 bits per heavy atom. The molecule has 1 aromatic carbocycles. The SMILES string of the molecule is O=S(=O)(NCC1CCNC1)c1cccc(OC(F)(F)F)c1. The van der Waals surface area contributed by atoms with Crippen molar-refractivity contribution >= 4 is 10.0 Å². The molecule has 118 valence electrons. The van der Waals surface area contributed by atoms with Crippen LogP contribution in [0.15, 0.2) is 29.2 Å². The summed E-state index contributed by atoms with van der Waals surface area (Å²) < 4.78 is 66.6. The number of rotatable bonds is 5. The van der Waals surface area contributed by atoms with Crippen molar-refractivity contribution in [2.24, 2.45) is 5.92 Å². The largest absolute Gasteiger partial charge is 0.573 e. The predicted octanol–water partition coefficient (Wildman–Crippen LogP) is 1.47. The van der Waals surface area contributed by atoms with E-state index >= 15 is 0 Å². The average molecular weight is 324 g/mol. The summed E-state index contributed by atoms with van der Waals surface area (Å²) in [6.07, 6.45) is -3.99. The molecule has 9 heteroatoms. The van der Waals surface area contributed by atoms with Crippen LogP contribution in [-0.2, 0) is 10.0 Å². The summed E-state index contributed by atoms with van der Waals surface area (Å²) in [6.45, 7) is 1.81. The zero-order valence-corrected chi connectivity index (χ0v) is 11.8. The van der Waals surface area contributed by atoms with Gasteiger partial charge >= 0.3 is 6.36 Å². The van der Waals surface area contributed by atoms with Gasteiger partial charge in [0.25, 0.3) is 0 Å². The highest BCUT2D eigenvalue weighted by Crippen LogP contribution is 2.24. The quantitative estimate of drug-likeness (QED) is 0.861. The molecule has 1 heterocycles. The molecule has 1 fully saturated rings. The van der Waals surface area contributed by atoms with E-state index in [1.807, 2.05) is 0 Å². The Hall–Kier alpha value is -1.32. The first-order chi connectivity index (χ1) is 9.76. The minimum atomic E-state index is -4.86. The molecule has 1 aliphatic rings. The van der Waals surface area contributed by atoms with Gasteiger partial charge in [0.2, 0.25) is 10.0 Å². The van der Waals surface area contributed by atoms with Gasteiger partial charge in [0.15, 0.2) is 0 Å². The molecule has 1 atom stereocenters. The maximum atomic E-state index is 12.1. The zero-order chi connectivity index (χ0) is 15.5. The lowest BCUT2D eigenvalue weighted by molar-refractivity contribution is -0.274. The van der Waals surface area contributed by atoms with E-state index in [9.17, 15) is 21.6 Å². The lowest BCUT2D eigenvalue weighted by Gasteiger charge is -2.12. The van der Waals surface area contributed by atoms with E-state index in [-0.39, 0.29) is 17.4 Å². The Labute approximate surface area is 120 Å². The molecule has 0 saturated carbocycles. The second kappa shape index (κ2) is 6.20. The van der Waals surface area contributed by atoms with Crippen LogP contribution >= 0.6 is 0 Å². The summed E-state index contributed by atoms with van der Waals surface area (Å²) in [7, 11) is -3.85. The van der Waals surface area contributed by atoms with Crippen LogP contribution in [-0.4, -0.2) is 34.4 Å². The fourth-order valence-corrected chi connectivity index (χ4v) is 3.19. The zero-order valence-electron chi connectivity index (χ0n) is 11.0. The van der Waals surface area contributed by atoms with Gasteiger partial charge in [0.05, 0.1) is 4.90 Å². The average Bonchev–Trinajstić information content (AvgIpc) is 2.88. The fourth-order valence-electron chi connectivity index (χ4n) is 2.04. The molecule has 0 amide bonds. The Balaban J connectivity index is 2.06. The highest BCUT2D eigenvalue weighted by atomic mass is 32.2. The topological polar surface area (TPSA) is 67.4 Å². The third-order valence-electron chi connectivity index (χ3n) is 3.07. The molecule has 21 heavy (non-hydrogen) atoms. The third kappa shape index (κ3) is 4.87. The number of benzene rings is 1. The monoisotopic (exact) mass is 324 g/mol. The normalized spacial score (nSPS) is 19.7. The van der Waals surface area contributed by atoms with Crippen LogP contribution in [0.1, 0.15) is 6.42 Å². The van der Waals surface area contributed by atoms with Crippen LogP contribution in [0.3, 0.4) is 0 Å². The number of hydrogen-bond donors (Lipinski definition) is 2. The van der Waals surface area contributed by atoms with Crippen molar-refractivity contribution in [3.8, 4) is 5.75 Å². The summed E-state index contributed by atoms with van der Waals surface area (Å²) in [4.78, 5) is -0.254. The molecule has 0 bridgehead atoms. The summed E-state index contributed by atoms with van der Waals surface area (Å²) in [6, 6.07) is 4.32. The maximum absolute atomic E-state index is 12.1. The lowest BCUT2D eigenvalue weighted by Crippen LogP contribution is -2.30. The smallest absolute Gasteiger partial charge is 0.406 e.